The highest BCUT2D eigenvalue weighted by Gasteiger charge is 2.40. The van der Waals surface area contributed by atoms with Gasteiger partial charge in [0.15, 0.2) is 0 Å². The third-order valence-electron chi connectivity index (χ3n) is 7.22. The first kappa shape index (κ1) is 22.4. The molecule has 0 bridgehead atoms. The molecule has 0 unspecified atom stereocenters. The van der Waals surface area contributed by atoms with Gasteiger partial charge in [-0.2, -0.15) is 0 Å². The lowest BCUT2D eigenvalue weighted by atomic mass is 9.95. The van der Waals surface area contributed by atoms with Crippen LogP contribution in [0, 0.1) is 0 Å². The average Bonchev–Trinajstić information content (AvgIpc) is 3.41. The number of rotatable bonds is 5. The summed E-state index contributed by atoms with van der Waals surface area (Å²) < 4.78 is 0. The molecule has 3 amide bonds. The van der Waals surface area contributed by atoms with Crippen LogP contribution in [0.4, 0.5) is 17.1 Å². The molecule has 2 aromatic carbocycles. The number of piperidine rings is 1. The number of nitrogens with zero attached hydrogens (tertiary/aromatic N) is 3. The number of aryl methyl sites for hydroxylation is 1. The van der Waals surface area contributed by atoms with Gasteiger partial charge < -0.3 is 15.1 Å². The van der Waals surface area contributed by atoms with E-state index in [-0.39, 0.29) is 30.3 Å². The van der Waals surface area contributed by atoms with Crippen molar-refractivity contribution in [1.29, 1.82) is 0 Å². The Kier molecular flexibility index (Phi) is 6.26. The Hall–Kier alpha value is -3.35. The topological polar surface area (TPSA) is 73.0 Å². The van der Waals surface area contributed by atoms with E-state index in [0.717, 1.165) is 63.8 Å². The van der Waals surface area contributed by atoms with E-state index in [2.05, 4.69) is 17.1 Å². The second-order valence-corrected chi connectivity index (χ2v) is 9.43. The Morgan fingerprint density at radius 3 is 2.41 bits per heavy atom. The van der Waals surface area contributed by atoms with Crippen LogP contribution in [0.25, 0.3) is 0 Å². The van der Waals surface area contributed by atoms with E-state index in [1.807, 2.05) is 47.4 Å². The van der Waals surface area contributed by atoms with Crippen molar-refractivity contribution < 1.29 is 14.4 Å². The zero-order valence-electron chi connectivity index (χ0n) is 19.8. The normalized spacial score (nSPS) is 19.6. The van der Waals surface area contributed by atoms with E-state index < -0.39 is 0 Å². The molecule has 34 heavy (non-hydrogen) atoms. The third-order valence-corrected chi connectivity index (χ3v) is 7.22. The van der Waals surface area contributed by atoms with E-state index in [9.17, 15) is 14.4 Å². The predicted molar refractivity (Wildman–Crippen MR) is 133 cm³/mol. The van der Waals surface area contributed by atoms with Gasteiger partial charge >= 0.3 is 0 Å². The quantitative estimate of drug-likeness (QED) is 0.736. The molecule has 1 atom stereocenters. The van der Waals surface area contributed by atoms with Crippen molar-refractivity contribution in [2.75, 3.05) is 41.3 Å². The molecule has 7 nitrogen and oxygen atoms in total. The van der Waals surface area contributed by atoms with E-state index in [1.54, 1.807) is 4.90 Å². The van der Waals surface area contributed by atoms with Crippen LogP contribution in [-0.4, -0.2) is 54.8 Å². The molecule has 2 fully saturated rings. The number of amides is 3. The van der Waals surface area contributed by atoms with Gasteiger partial charge in [-0.1, -0.05) is 19.1 Å². The summed E-state index contributed by atoms with van der Waals surface area (Å²) in [5.41, 5.74) is 4.08. The van der Waals surface area contributed by atoms with Gasteiger partial charge in [0.25, 0.3) is 5.91 Å². The molecule has 5 rings (SSSR count). The molecule has 3 heterocycles. The lowest BCUT2D eigenvalue weighted by Crippen LogP contribution is -2.56. The largest absolute Gasteiger partial charge is 0.358 e. The minimum absolute atomic E-state index is 0.00562. The first-order valence-corrected chi connectivity index (χ1v) is 12.5. The minimum atomic E-state index is -0.252. The van der Waals surface area contributed by atoms with Crippen molar-refractivity contribution in [1.82, 2.24) is 4.90 Å². The van der Waals surface area contributed by atoms with Crippen LogP contribution in [0.15, 0.2) is 42.5 Å². The Balaban J connectivity index is 1.43. The molecule has 0 radical (unpaired) electrons. The van der Waals surface area contributed by atoms with Gasteiger partial charge in [0.2, 0.25) is 11.8 Å². The van der Waals surface area contributed by atoms with E-state index >= 15 is 0 Å². The Morgan fingerprint density at radius 2 is 1.68 bits per heavy atom. The molecule has 0 aliphatic carbocycles. The standard InChI is InChI=1S/C27H32N4O3/c1-2-19-8-11-21(12-9-19)28-25(32)18-31-24-17-20(26(33)29-14-5-6-15-29)10-13-22(24)30-16-4-3-7-23(30)27(31)34/h8-13,17,23H,2-7,14-16,18H2,1H3,(H,28,32)/t23-/m1/s1. The van der Waals surface area contributed by atoms with Crippen molar-refractivity contribution in [2.45, 2.75) is 51.5 Å². The first-order chi connectivity index (χ1) is 16.5. The van der Waals surface area contributed by atoms with Crippen molar-refractivity contribution in [3.05, 3.63) is 53.6 Å². The molecule has 178 valence electrons. The Bertz CT molecular complexity index is 1090. The molecule has 0 saturated carbocycles. The number of carbonyl (C=O) groups excluding carboxylic acids is 3. The van der Waals surface area contributed by atoms with E-state index in [1.165, 1.54) is 5.56 Å². The smallest absolute Gasteiger partial charge is 0.253 e. The number of likely N-dealkylation sites (tertiary alicyclic amines) is 1. The first-order valence-electron chi connectivity index (χ1n) is 12.5. The van der Waals surface area contributed by atoms with Crippen LogP contribution in [0.1, 0.15) is 54.9 Å². The third kappa shape index (κ3) is 4.27. The van der Waals surface area contributed by atoms with Crippen LogP contribution in [0.5, 0.6) is 0 Å². The molecule has 3 aliphatic rings. The summed E-state index contributed by atoms with van der Waals surface area (Å²) in [6.07, 6.45) is 5.79. The molecule has 7 heteroatoms. The molecule has 2 saturated heterocycles. The van der Waals surface area contributed by atoms with Crippen LogP contribution in [-0.2, 0) is 16.0 Å². The molecule has 0 spiro atoms. The van der Waals surface area contributed by atoms with Gasteiger partial charge in [0.1, 0.15) is 12.6 Å². The Labute approximate surface area is 200 Å². The monoisotopic (exact) mass is 460 g/mol. The minimum Gasteiger partial charge on any atom is -0.358 e. The van der Waals surface area contributed by atoms with Gasteiger partial charge in [0, 0.05) is 30.9 Å². The van der Waals surface area contributed by atoms with Crippen LogP contribution < -0.4 is 15.1 Å². The highest BCUT2D eigenvalue weighted by Crippen LogP contribution is 2.40. The lowest BCUT2D eigenvalue weighted by molar-refractivity contribution is -0.123. The molecule has 2 aromatic rings. The number of anilines is 3. The fraction of sp³-hybridized carbons (Fsp3) is 0.444. The summed E-state index contributed by atoms with van der Waals surface area (Å²) in [5, 5.41) is 2.92. The summed E-state index contributed by atoms with van der Waals surface area (Å²) in [6.45, 7) is 4.36. The van der Waals surface area contributed by atoms with Crippen molar-refractivity contribution in [3.63, 3.8) is 0 Å². The molecule has 0 aromatic heterocycles. The molecule has 1 N–H and O–H groups in total. The second-order valence-electron chi connectivity index (χ2n) is 9.43. The summed E-state index contributed by atoms with van der Waals surface area (Å²) in [5.74, 6) is -0.313. The highest BCUT2D eigenvalue weighted by molar-refractivity contribution is 6.11. The maximum atomic E-state index is 13.5. The lowest BCUT2D eigenvalue weighted by Gasteiger charge is -2.45. The summed E-state index contributed by atoms with van der Waals surface area (Å²) >= 11 is 0. The van der Waals surface area contributed by atoms with Crippen LogP contribution in [0.2, 0.25) is 0 Å². The summed E-state index contributed by atoms with van der Waals surface area (Å²) in [6, 6.07) is 13.1. The van der Waals surface area contributed by atoms with Gasteiger partial charge in [-0.05, 0) is 74.4 Å². The second kappa shape index (κ2) is 9.49. The van der Waals surface area contributed by atoms with Gasteiger partial charge in [-0.3, -0.25) is 19.3 Å². The SMILES string of the molecule is CCc1ccc(NC(=O)CN2C(=O)[C@H]3CCCCN3c3ccc(C(=O)N4CCCC4)cc32)cc1. The fourth-order valence-corrected chi connectivity index (χ4v) is 5.32. The number of hydrogen-bond donors (Lipinski definition) is 1. The summed E-state index contributed by atoms with van der Waals surface area (Å²) in [7, 11) is 0. The molecular weight excluding hydrogens is 428 g/mol. The average molecular weight is 461 g/mol. The van der Waals surface area contributed by atoms with Crippen LogP contribution in [0.3, 0.4) is 0 Å². The maximum absolute atomic E-state index is 13.5. The number of nitrogens with one attached hydrogen (secondary N) is 1. The van der Waals surface area contributed by atoms with E-state index in [0.29, 0.717) is 16.9 Å². The molecular formula is C27H32N4O3. The number of hydrogen-bond acceptors (Lipinski definition) is 4. The maximum Gasteiger partial charge on any atom is 0.253 e. The van der Waals surface area contributed by atoms with Crippen molar-refractivity contribution in [2.24, 2.45) is 0 Å². The van der Waals surface area contributed by atoms with Gasteiger partial charge in [-0.25, -0.2) is 0 Å². The van der Waals surface area contributed by atoms with Crippen molar-refractivity contribution in [3.8, 4) is 0 Å². The number of carbonyl (C=O) groups is 3. The van der Waals surface area contributed by atoms with Crippen LogP contribution >= 0.6 is 0 Å². The van der Waals surface area contributed by atoms with Crippen molar-refractivity contribution >= 4 is 34.8 Å². The number of fused-ring (bicyclic) bond motifs is 3. The Morgan fingerprint density at radius 1 is 0.941 bits per heavy atom. The zero-order valence-corrected chi connectivity index (χ0v) is 19.8. The highest BCUT2D eigenvalue weighted by atomic mass is 16.2. The predicted octanol–water partition coefficient (Wildman–Crippen LogP) is 3.83. The number of benzene rings is 2. The molecule has 3 aliphatic heterocycles. The zero-order chi connectivity index (χ0) is 23.7. The van der Waals surface area contributed by atoms with E-state index in [4.69, 9.17) is 0 Å². The van der Waals surface area contributed by atoms with Gasteiger partial charge in [0.05, 0.1) is 11.4 Å². The van der Waals surface area contributed by atoms with Gasteiger partial charge in [-0.15, -0.1) is 0 Å². The fourth-order valence-electron chi connectivity index (χ4n) is 5.32. The summed E-state index contributed by atoms with van der Waals surface area (Å²) in [4.78, 5) is 45.2.